The van der Waals surface area contributed by atoms with Crippen LogP contribution in [0, 0.1) is 11.8 Å². The Hall–Kier alpha value is -1.11. The van der Waals surface area contributed by atoms with Gasteiger partial charge in [0.25, 0.3) is 0 Å². The Morgan fingerprint density at radius 3 is 2.62 bits per heavy atom. The summed E-state index contributed by atoms with van der Waals surface area (Å²) in [6.45, 7) is 4.17. The van der Waals surface area contributed by atoms with Crippen molar-refractivity contribution in [1.82, 2.24) is 10.6 Å². The van der Waals surface area contributed by atoms with Crippen LogP contribution < -0.4 is 16.0 Å². The Morgan fingerprint density at radius 2 is 2.00 bits per heavy atom. The molecule has 2 atom stereocenters. The molecule has 0 aromatic heterocycles. The molecule has 1 aliphatic rings. The molecule has 1 fully saturated rings. The normalized spacial score (nSPS) is 18.2. The molecule has 5 nitrogen and oxygen atoms in total. The number of piperidine rings is 1. The molecule has 0 saturated carbocycles. The molecule has 134 valence electrons. The van der Waals surface area contributed by atoms with Crippen LogP contribution in [-0.2, 0) is 9.59 Å². The summed E-state index contributed by atoms with van der Waals surface area (Å²) in [4.78, 5) is 23.8. The van der Waals surface area contributed by atoms with Gasteiger partial charge in [0, 0.05) is 16.6 Å². The van der Waals surface area contributed by atoms with Crippen LogP contribution in [0.15, 0.2) is 28.7 Å². The predicted molar refractivity (Wildman–Crippen MR) is 102 cm³/mol. The first kappa shape index (κ1) is 20.9. The highest BCUT2D eigenvalue weighted by Gasteiger charge is 2.22. The van der Waals surface area contributed by atoms with Gasteiger partial charge in [-0.2, -0.15) is 0 Å². The smallest absolute Gasteiger partial charge is 0.243 e. The van der Waals surface area contributed by atoms with Crippen molar-refractivity contribution < 1.29 is 9.59 Å². The summed E-state index contributed by atoms with van der Waals surface area (Å²) in [6.07, 6.45) is 2.82. The van der Waals surface area contributed by atoms with E-state index in [1.807, 2.05) is 24.3 Å². The summed E-state index contributed by atoms with van der Waals surface area (Å²) < 4.78 is 0.954. The van der Waals surface area contributed by atoms with Crippen LogP contribution in [0.25, 0.3) is 0 Å². The third-order valence-corrected chi connectivity index (χ3v) is 4.75. The fourth-order valence-electron chi connectivity index (χ4n) is 2.81. The van der Waals surface area contributed by atoms with Gasteiger partial charge in [-0.05, 0) is 62.0 Å². The molecule has 1 heterocycles. The van der Waals surface area contributed by atoms with Crippen LogP contribution >= 0.6 is 28.3 Å². The number of benzene rings is 1. The van der Waals surface area contributed by atoms with Crippen molar-refractivity contribution in [3.63, 3.8) is 0 Å². The average Bonchev–Trinajstić information content (AvgIpc) is 2.56. The summed E-state index contributed by atoms with van der Waals surface area (Å²) in [5.41, 5.74) is 0.717. The Morgan fingerprint density at radius 1 is 1.29 bits per heavy atom. The summed E-state index contributed by atoms with van der Waals surface area (Å²) in [5, 5.41) is 8.83. The van der Waals surface area contributed by atoms with Gasteiger partial charge in [0.15, 0.2) is 0 Å². The van der Waals surface area contributed by atoms with Gasteiger partial charge >= 0.3 is 0 Å². The second kappa shape index (κ2) is 10.7. The first-order chi connectivity index (χ1) is 11.0. The first-order valence-electron chi connectivity index (χ1n) is 8.07. The van der Waals surface area contributed by atoms with E-state index in [2.05, 4.69) is 38.8 Å². The van der Waals surface area contributed by atoms with Gasteiger partial charge in [-0.15, -0.1) is 12.4 Å². The van der Waals surface area contributed by atoms with Gasteiger partial charge in [-0.1, -0.05) is 22.9 Å². The third kappa shape index (κ3) is 7.20. The maximum atomic E-state index is 12.0. The summed E-state index contributed by atoms with van der Waals surface area (Å²) in [7, 11) is 0. The lowest BCUT2D eigenvalue weighted by atomic mass is 9.85. The number of carbonyl (C=O) groups excluding carboxylic acids is 2. The van der Waals surface area contributed by atoms with Crippen LogP contribution in [-0.4, -0.2) is 31.4 Å². The molecule has 1 aromatic rings. The molecule has 0 radical (unpaired) electrons. The Kier molecular flexibility index (Phi) is 9.33. The molecule has 2 amide bonds. The van der Waals surface area contributed by atoms with Gasteiger partial charge < -0.3 is 16.0 Å². The van der Waals surface area contributed by atoms with Gasteiger partial charge in [0.05, 0.1) is 6.54 Å². The van der Waals surface area contributed by atoms with Crippen molar-refractivity contribution in [3.8, 4) is 0 Å². The zero-order valence-electron chi connectivity index (χ0n) is 13.8. The number of halogens is 2. The lowest BCUT2D eigenvalue weighted by molar-refractivity contribution is -0.125. The van der Waals surface area contributed by atoms with E-state index in [0.717, 1.165) is 17.6 Å². The van der Waals surface area contributed by atoms with Crippen molar-refractivity contribution in [1.29, 1.82) is 0 Å². The molecule has 7 heteroatoms. The molecule has 1 aromatic carbocycles. The molecular formula is C17H25BrClN3O2. The minimum atomic E-state index is -0.215. The Bertz CT molecular complexity index is 533. The molecule has 2 rings (SSSR count). The summed E-state index contributed by atoms with van der Waals surface area (Å²) >= 11 is 3.34. The Balaban J connectivity index is 0.00000288. The maximum absolute atomic E-state index is 12.0. The molecule has 2 unspecified atom stereocenters. The van der Waals surface area contributed by atoms with Crippen LogP contribution in [0.4, 0.5) is 5.69 Å². The van der Waals surface area contributed by atoms with Gasteiger partial charge in [-0.25, -0.2) is 0 Å². The first-order valence-corrected chi connectivity index (χ1v) is 8.86. The second-order valence-corrected chi connectivity index (χ2v) is 7.04. The molecular weight excluding hydrogens is 394 g/mol. The highest BCUT2D eigenvalue weighted by molar-refractivity contribution is 9.10. The van der Waals surface area contributed by atoms with Gasteiger partial charge in [0.1, 0.15) is 0 Å². The van der Waals surface area contributed by atoms with E-state index >= 15 is 0 Å². The molecule has 1 aliphatic heterocycles. The number of hydrogen-bond donors (Lipinski definition) is 3. The largest absolute Gasteiger partial charge is 0.347 e. The monoisotopic (exact) mass is 417 g/mol. The zero-order valence-corrected chi connectivity index (χ0v) is 16.2. The second-order valence-electron chi connectivity index (χ2n) is 6.12. The topological polar surface area (TPSA) is 70.2 Å². The van der Waals surface area contributed by atoms with Crippen LogP contribution in [0.5, 0.6) is 0 Å². The third-order valence-electron chi connectivity index (χ3n) is 4.22. The number of anilines is 1. The number of amides is 2. The molecule has 24 heavy (non-hydrogen) atoms. The lowest BCUT2D eigenvalue weighted by Crippen LogP contribution is -2.37. The maximum Gasteiger partial charge on any atom is 0.243 e. The van der Waals surface area contributed by atoms with Gasteiger partial charge in [0.2, 0.25) is 11.8 Å². The number of nitrogens with one attached hydrogen (secondary N) is 3. The van der Waals surface area contributed by atoms with Crippen LogP contribution in [0.1, 0.15) is 26.2 Å². The number of carbonyl (C=O) groups is 2. The molecule has 3 N–H and O–H groups in total. The highest BCUT2D eigenvalue weighted by atomic mass is 79.9. The summed E-state index contributed by atoms with van der Waals surface area (Å²) in [5.74, 6) is 0.602. The van der Waals surface area contributed by atoms with Crippen molar-refractivity contribution in [3.05, 3.63) is 28.7 Å². The molecule has 1 saturated heterocycles. The minimum absolute atomic E-state index is 0. The molecule has 0 spiro atoms. The Labute approximate surface area is 157 Å². The number of rotatable bonds is 6. The van der Waals surface area contributed by atoms with Crippen molar-refractivity contribution in [2.24, 2.45) is 11.8 Å². The van der Waals surface area contributed by atoms with E-state index in [-0.39, 0.29) is 30.8 Å². The van der Waals surface area contributed by atoms with E-state index < -0.39 is 0 Å². The minimum Gasteiger partial charge on any atom is -0.347 e. The average molecular weight is 419 g/mol. The van der Waals surface area contributed by atoms with Gasteiger partial charge in [-0.3, -0.25) is 9.59 Å². The van der Waals surface area contributed by atoms with Crippen molar-refractivity contribution >= 4 is 45.8 Å². The zero-order chi connectivity index (χ0) is 16.7. The number of hydrogen-bond acceptors (Lipinski definition) is 3. The standard InChI is InChI=1S/C17H24BrN3O2.ClH/c1-12(13-3-2-8-19-10-13)9-16(22)20-11-17(23)21-15-6-4-14(18)5-7-15;/h4-7,12-13,19H,2-3,8-11H2,1H3,(H,20,22)(H,21,23);1H. The highest BCUT2D eigenvalue weighted by Crippen LogP contribution is 2.22. The van der Waals surface area contributed by atoms with Crippen LogP contribution in [0.2, 0.25) is 0 Å². The quantitative estimate of drug-likeness (QED) is 0.665. The lowest BCUT2D eigenvalue weighted by Gasteiger charge is -2.27. The van der Waals surface area contributed by atoms with E-state index in [9.17, 15) is 9.59 Å². The van der Waals surface area contributed by atoms with E-state index in [0.29, 0.717) is 23.9 Å². The van der Waals surface area contributed by atoms with Crippen LogP contribution in [0.3, 0.4) is 0 Å². The van der Waals surface area contributed by atoms with E-state index in [1.165, 1.54) is 12.8 Å². The van der Waals surface area contributed by atoms with Crippen molar-refractivity contribution in [2.45, 2.75) is 26.2 Å². The van der Waals surface area contributed by atoms with E-state index in [4.69, 9.17) is 0 Å². The summed E-state index contributed by atoms with van der Waals surface area (Å²) in [6, 6.07) is 7.33. The van der Waals surface area contributed by atoms with Crippen molar-refractivity contribution in [2.75, 3.05) is 25.0 Å². The SMILES string of the molecule is CC(CC(=O)NCC(=O)Nc1ccc(Br)cc1)C1CCCNC1.Cl. The fourth-order valence-corrected chi connectivity index (χ4v) is 3.08. The molecule has 0 aliphatic carbocycles. The van der Waals surface area contributed by atoms with E-state index in [1.54, 1.807) is 0 Å². The predicted octanol–water partition coefficient (Wildman–Crippen LogP) is 2.95. The molecule has 0 bridgehead atoms. The fraction of sp³-hybridized carbons (Fsp3) is 0.529.